The number of hydrogen-bond acceptors (Lipinski definition) is 3. The van der Waals surface area contributed by atoms with Crippen LogP contribution in [0.2, 0.25) is 5.82 Å². The van der Waals surface area contributed by atoms with Gasteiger partial charge >= 0.3 is 5.97 Å². The number of ether oxygens (including phenoxy) is 2. The Bertz CT molecular complexity index is 448. The van der Waals surface area contributed by atoms with E-state index in [-0.39, 0.29) is 29.9 Å². The summed E-state index contributed by atoms with van der Waals surface area (Å²) in [5.41, 5.74) is 0.539. The minimum Gasteiger partial charge on any atom is -0.457 e. The quantitative estimate of drug-likeness (QED) is 0.626. The number of carbonyl (C=O) groups excluding carboxylic acids is 1. The van der Waals surface area contributed by atoms with E-state index in [9.17, 15) is 4.79 Å². The molecule has 5 atom stereocenters. The van der Waals surface area contributed by atoms with Gasteiger partial charge in [-0.1, -0.05) is 32.0 Å². The summed E-state index contributed by atoms with van der Waals surface area (Å²) >= 11 is 0. The fraction of sp³-hybridized carbons (Fsp3) is 0.562. The summed E-state index contributed by atoms with van der Waals surface area (Å²) in [6.45, 7) is 6.04. The van der Waals surface area contributed by atoms with E-state index in [0.29, 0.717) is 5.56 Å². The number of esters is 1. The second-order valence-corrected chi connectivity index (χ2v) is 5.46. The van der Waals surface area contributed by atoms with E-state index in [4.69, 9.17) is 17.3 Å². The molecule has 2 unspecified atom stereocenters. The topological polar surface area (TPSA) is 35.5 Å². The first-order valence-corrected chi connectivity index (χ1v) is 7.21. The van der Waals surface area contributed by atoms with Crippen LogP contribution in [-0.2, 0) is 9.47 Å². The minimum absolute atomic E-state index is 0.131. The average Bonchev–Trinajstić information content (AvgIpc) is 2.48. The third kappa shape index (κ3) is 3.06. The van der Waals surface area contributed by atoms with Gasteiger partial charge in [-0.3, -0.25) is 0 Å². The Kier molecular flexibility index (Phi) is 4.87. The summed E-state index contributed by atoms with van der Waals surface area (Å²) in [7, 11) is 6.25. The Labute approximate surface area is 122 Å². The SMILES string of the molecule is [B][C@H]1C(OC(=O)c2ccccc2)[C@@H](C)OC(CC)[C@H]1C. The van der Waals surface area contributed by atoms with Gasteiger partial charge in [0.05, 0.1) is 25.6 Å². The molecule has 1 aliphatic heterocycles. The van der Waals surface area contributed by atoms with Crippen LogP contribution in [0.15, 0.2) is 30.3 Å². The Balaban J connectivity index is 2.07. The van der Waals surface area contributed by atoms with Gasteiger partial charge in [0.2, 0.25) is 0 Å². The van der Waals surface area contributed by atoms with E-state index in [2.05, 4.69) is 6.92 Å². The van der Waals surface area contributed by atoms with Gasteiger partial charge in [-0.15, -0.1) is 0 Å². The van der Waals surface area contributed by atoms with Crippen molar-refractivity contribution in [2.75, 3.05) is 0 Å². The third-order valence-electron chi connectivity index (χ3n) is 4.08. The summed E-state index contributed by atoms with van der Waals surface area (Å²) in [6, 6.07) is 8.96. The lowest BCUT2D eigenvalue weighted by Gasteiger charge is -2.43. The number of carbonyl (C=O) groups is 1. The predicted octanol–water partition coefficient (Wildman–Crippen LogP) is 3.00. The van der Waals surface area contributed by atoms with E-state index in [1.807, 2.05) is 32.0 Å². The lowest BCUT2D eigenvalue weighted by molar-refractivity contribution is -0.136. The maximum atomic E-state index is 12.1. The standard InChI is InChI=1S/C16H21BO3/c1-4-13-10(2)14(17)15(11(3)19-13)20-16(18)12-8-6-5-7-9-12/h5-11,13-15H,4H2,1-3H3/t10-,11-,13?,14-,15?/m1/s1. The van der Waals surface area contributed by atoms with Crippen LogP contribution in [-0.4, -0.2) is 32.1 Å². The van der Waals surface area contributed by atoms with Crippen molar-refractivity contribution in [1.82, 2.24) is 0 Å². The van der Waals surface area contributed by atoms with Gasteiger partial charge in [0.1, 0.15) is 6.10 Å². The van der Waals surface area contributed by atoms with E-state index >= 15 is 0 Å². The fourth-order valence-corrected chi connectivity index (χ4v) is 2.75. The first kappa shape index (κ1) is 15.1. The van der Waals surface area contributed by atoms with Gasteiger partial charge in [0.15, 0.2) is 0 Å². The van der Waals surface area contributed by atoms with Crippen LogP contribution < -0.4 is 0 Å². The Hall–Kier alpha value is -1.29. The molecule has 1 saturated heterocycles. The van der Waals surface area contributed by atoms with Crippen molar-refractivity contribution in [2.45, 2.75) is 51.3 Å². The molecule has 0 bridgehead atoms. The maximum absolute atomic E-state index is 12.1. The molecule has 1 fully saturated rings. The molecule has 4 heteroatoms. The molecule has 3 nitrogen and oxygen atoms in total. The lowest BCUT2D eigenvalue weighted by atomic mass is 9.68. The third-order valence-corrected chi connectivity index (χ3v) is 4.08. The van der Waals surface area contributed by atoms with Crippen LogP contribution in [0.4, 0.5) is 0 Å². The minimum atomic E-state index is -0.402. The zero-order chi connectivity index (χ0) is 14.7. The highest BCUT2D eigenvalue weighted by molar-refractivity contribution is 6.12. The molecule has 20 heavy (non-hydrogen) atoms. The first-order valence-electron chi connectivity index (χ1n) is 7.21. The molecule has 1 aliphatic rings. The molecule has 1 aromatic rings. The molecule has 0 aromatic heterocycles. The predicted molar refractivity (Wildman–Crippen MR) is 78.9 cm³/mol. The molecular formula is C16H21BO3. The normalized spacial score (nSPS) is 33.6. The number of hydrogen-bond donors (Lipinski definition) is 0. The van der Waals surface area contributed by atoms with Crippen LogP contribution in [0.1, 0.15) is 37.6 Å². The van der Waals surface area contributed by atoms with Crippen LogP contribution in [0.5, 0.6) is 0 Å². The molecule has 0 amide bonds. The lowest BCUT2D eigenvalue weighted by Crippen LogP contribution is -2.48. The number of benzene rings is 1. The Morgan fingerprint density at radius 3 is 2.55 bits per heavy atom. The van der Waals surface area contributed by atoms with Gasteiger partial charge in [-0.05, 0) is 37.2 Å². The highest BCUT2D eigenvalue weighted by Gasteiger charge is 2.40. The van der Waals surface area contributed by atoms with Crippen LogP contribution in [0, 0.1) is 5.92 Å². The van der Waals surface area contributed by atoms with Crippen molar-refractivity contribution in [3.8, 4) is 0 Å². The zero-order valence-electron chi connectivity index (χ0n) is 12.3. The maximum Gasteiger partial charge on any atom is 0.338 e. The van der Waals surface area contributed by atoms with Gasteiger partial charge in [-0.2, -0.15) is 0 Å². The summed E-state index contributed by atoms with van der Waals surface area (Å²) < 4.78 is 11.5. The van der Waals surface area contributed by atoms with E-state index < -0.39 is 6.10 Å². The summed E-state index contributed by atoms with van der Waals surface area (Å²) in [5.74, 6) is -0.371. The second-order valence-electron chi connectivity index (χ2n) is 5.46. The molecule has 2 radical (unpaired) electrons. The Morgan fingerprint density at radius 1 is 1.30 bits per heavy atom. The fourth-order valence-electron chi connectivity index (χ4n) is 2.75. The molecule has 2 rings (SSSR count). The van der Waals surface area contributed by atoms with Crippen molar-refractivity contribution in [2.24, 2.45) is 5.92 Å². The summed E-state index contributed by atoms with van der Waals surface area (Å²) in [6.07, 6.45) is 0.462. The van der Waals surface area contributed by atoms with E-state index in [0.717, 1.165) is 6.42 Å². The molecule has 0 aliphatic carbocycles. The van der Waals surface area contributed by atoms with Gasteiger partial charge in [-0.25, -0.2) is 4.79 Å². The molecule has 1 aromatic carbocycles. The Morgan fingerprint density at radius 2 is 1.95 bits per heavy atom. The molecule has 0 N–H and O–H groups in total. The van der Waals surface area contributed by atoms with Gasteiger partial charge in [0, 0.05) is 0 Å². The van der Waals surface area contributed by atoms with Crippen molar-refractivity contribution >= 4 is 13.8 Å². The van der Waals surface area contributed by atoms with E-state index in [1.54, 1.807) is 12.1 Å². The first-order chi connectivity index (χ1) is 9.54. The largest absolute Gasteiger partial charge is 0.457 e. The van der Waals surface area contributed by atoms with Crippen molar-refractivity contribution in [3.05, 3.63) is 35.9 Å². The molecule has 0 saturated carbocycles. The van der Waals surface area contributed by atoms with Crippen molar-refractivity contribution < 1.29 is 14.3 Å². The second kappa shape index (κ2) is 6.44. The monoisotopic (exact) mass is 272 g/mol. The van der Waals surface area contributed by atoms with Crippen LogP contribution >= 0.6 is 0 Å². The average molecular weight is 272 g/mol. The number of rotatable bonds is 3. The molecule has 0 spiro atoms. The zero-order valence-corrected chi connectivity index (χ0v) is 12.3. The van der Waals surface area contributed by atoms with Crippen LogP contribution in [0.3, 0.4) is 0 Å². The molecule has 106 valence electrons. The smallest absolute Gasteiger partial charge is 0.338 e. The summed E-state index contributed by atoms with van der Waals surface area (Å²) in [5, 5.41) is 0. The summed E-state index contributed by atoms with van der Waals surface area (Å²) in [4.78, 5) is 12.1. The highest BCUT2D eigenvalue weighted by atomic mass is 16.6. The van der Waals surface area contributed by atoms with Gasteiger partial charge < -0.3 is 9.47 Å². The van der Waals surface area contributed by atoms with Gasteiger partial charge in [0.25, 0.3) is 0 Å². The van der Waals surface area contributed by atoms with Crippen molar-refractivity contribution in [1.29, 1.82) is 0 Å². The molecular weight excluding hydrogens is 251 g/mol. The highest BCUT2D eigenvalue weighted by Crippen LogP contribution is 2.36. The van der Waals surface area contributed by atoms with Crippen molar-refractivity contribution in [3.63, 3.8) is 0 Å². The van der Waals surface area contributed by atoms with E-state index in [1.165, 1.54) is 0 Å². The molecule has 1 heterocycles. The van der Waals surface area contributed by atoms with Crippen LogP contribution in [0.25, 0.3) is 0 Å².